The molecular formula is C14H29NO. The summed E-state index contributed by atoms with van der Waals surface area (Å²) < 4.78 is 5.36. The van der Waals surface area contributed by atoms with E-state index in [4.69, 9.17) is 4.74 Å². The number of methoxy groups -OCH3 is 1. The molecule has 1 saturated carbocycles. The maximum absolute atomic E-state index is 5.36. The van der Waals surface area contributed by atoms with Crippen LogP contribution in [0.5, 0.6) is 0 Å². The summed E-state index contributed by atoms with van der Waals surface area (Å²) in [6, 6.07) is 0. The zero-order valence-electron chi connectivity index (χ0n) is 11.5. The lowest BCUT2D eigenvalue weighted by Crippen LogP contribution is -2.36. The zero-order valence-corrected chi connectivity index (χ0v) is 11.5. The fourth-order valence-electron chi connectivity index (χ4n) is 2.81. The standard InChI is InChI=1S/C14H29NO/c1-11(2)8-15-9-13-6-5-12(3)7-14(13)10-16-4/h11-15H,5-10H2,1-4H3. The van der Waals surface area contributed by atoms with Gasteiger partial charge < -0.3 is 10.1 Å². The van der Waals surface area contributed by atoms with Crippen LogP contribution in [0, 0.1) is 23.7 Å². The highest BCUT2D eigenvalue weighted by Gasteiger charge is 2.28. The van der Waals surface area contributed by atoms with Crippen molar-refractivity contribution in [3.63, 3.8) is 0 Å². The minimum absolute atomic E-state index is 0.753. The molecule has 3 unspecified atom stereocenters. The summed E-state index contributed by atoms with van der Waals surface area (Å²) in [7, 11) is 1.83. The Hall–Kier alpha value is -0.0800. The molecule has 0 heterocycles. The summed E-state index contributed by atoms with van der Waals surface area (Å²) in [5, 5.41) is 3.60. The van der Waals surface area contributed by atoms with Crippen molar-refractivity contribution >= 4 is 0 Å². The van der Waals surface area contributed by atoms with Crippen LogP contribution in [0.1, 0.15) is 40.0 Å². The Morgan fingerprint density at radius 1 is 1.25 bits per heavy atom. The molecule has 0 aromatic carbocycles. The summed E-state index contributed by atoms with van der Waals surface area (Å²) >= 11 is 0. The monoisotopic (exact) mass is 227 g/mol. The second-order valence-corrected chi connectivity index (χ2v) is 5.95. The molecule has 2 heteroatoms. The predicted molar refractivity (Wildman–Crippen MR) is 69.6 cm³/mol. The summed E-state index contributed by atoms with van der Waals surface area (Å²) in [5.41, 5.74) is 0. The fraction of sp³-hybridized carbons (Fsp3) is 1.00. The van der Waals surface area contributed by atoms with Crippen LogP contribution in [0.15, 0.2) is 0 Å². The first-order chi connectivity index (χ1) is 7.63. The third-order valence-electron chi connectivity index (χ3n) is 3.74. The van der Waals surface area contributed by atoms with Crippen LogP contribution in [-0.4, -0.2) is 26.8 Å². The molecule has 0 aromatic heterocycles. The highest BCUT2D eigenvalue weighted by atomic mass is 16.5. The minimum atomic E-state index is 0.753. The number of nitrogens with one attached hydrogen (secondary N) is 1. The topological polar surface area (TPSA) is 21.3 Å². The Morgan fingerprint density at radius 3 is 2.62 bits per heavy atom. The van der Waals surface area contributed by atoms with Crippen LogP contribution >= 0.6 is 0 Å². The Bertz CT molecular complexity index is 182. The van der Waals surface area contributed by atoms with Crippen LogP contribution in [0.3, 0.4) is 0 Å². The molecule has 96 valence electrons. The van der Waals surface area contributed by atoms with Crippen molar-refractivity contribution in [2.24, 2.45) is 23.7 Å². The summed E-state index contributed by atoms with van der Waals surface area (Å²) in [5.74, 6) is 3.24. The smallest absolute Gasteiger partial charge is 0.0493 e. The van der Waals surface area contributed by atoms with Gasteiger partial charge in [-0.05, 0) is 49.6 Å². The van der Waals surface area contributed by atoms with Gasteiger partial charge in [-0.15, -0.1) is 0 Å². The SMILES string of the molecule is COCC1CC(C)CCC1CNCC(C)C. The van der Waals surface area contributed by atoms with Gasteiger partial charge in [0, 0.05) is 13.7 Å². The van der Waals surface area contributed by atoms with E-state index in [-0.39, 0.29) is 0 Å². The quantitative estimate of drug-likeness (QED) is 0.753. The van der Waals surface area contributed by atoms with Gasteiger partial charge in [0.25, 0.3) is 0 Å². The van der Waals surface area contributed by atoms with Crippen molar-refractivity contribution in [1.29, 1.82) is 0 Å². The van der Waals surface area contributed by atoms with Gasteiger partial charge in [0.2, 0.25) is 0 Å². The lowest BCUT2D eigenvalue weighted by molar-refractivity contribution is 0.0767. The van der Waals surface area contributed by atoms with Gasteiger partial charge >= 0.3 is 0 Å². The molecule has 1 aliphatic rings. The van der Waals surface area contributed by atoms with Crippen LogP contribution < -0.4 is 5.32 Å². The van der Waals surface area contributed by atoms with Crippen molar-refractivity contribution in [1.82, 2.24) is 5.32 Å². The summed E-state index contributed by atoms with van der Waals surface area (Å²) in [4.78, 5) is 0. The molecular weight excluding hydrogens is 198 g/mol. The van der Waals surface area contributed by atoms with E-state index in [9.17, 15) is 0 Å². The van der Waals surface area contributed by atoms with Crippen LogP contribution in [0.2, 0.25) is 0 Å². The zero-order chi connectivity index (χ0) is 12.0. The van der Waals surface area contributed by atoms with Gasteiger partial charge in [0.15, 0.2) is 0 Å². The van der Waals surface area contributed by atoms with E-state index < -0.39 is 0 Å². The molecule has 3 atom stereocenters. The van der Waals surface area contributed by atoms with Crippen LogP contribution in [-0.2, 0) is 4.74 Å². The highest BCUT2D eigenvalue weighted by Crippen LogP contribution is 2.33. The Kier molecular flexibility index (Phi) is 6.37. The van der Waals surface area contributed by atoms with E-state index in [0.29, 0.717) is 0 Å². The number of ether oxygens (including phenoxy) is 1. The van der Waals surface area contributed by atoms with Crippen molar-refractivity contribution in [2.75, 3.05) is 26.8 Å². The average molecular weight is 227 g/mol. The molecule has 0 bridgehead atoms. The van der Waals surface area contributed by atoms with Gasteiger partial charge in [-0.3, -0.25) is 0 Å². The van der Waals surface area contributed by atoms with Gasteiger partial charge in [-0.25, -0.2) is 0 Å². The minimum Gasteiger partial charge on any atom is -0.384 e. The van der Waals surface area contributed by atoms with Crippen molar-refractivity contribution in [3.8, 4) is 0 Å². The van der Waals surface area contributed by atoms with Gasteiger partial charge in [0.1, 0.15) is 0 Å². The van der Waals surface area contributed by atoms with E-state index in [1.54, 1.807) is 0 Å². The second kappa shape index (κ2) is 7.29. The molecule has 16 heavy (non-hydrogen) atoms. The normalized spacial score (nSPS) is 30.9. The molecule has 1 N–H and O–H groups in total. The molecule has 2 nitrogen and oxygen atoms in total. The molecule has 0 spiro atoms. The molecule has 0 aromatic rings. The molecule has 0 aliphatic heterocycles. The number of hydrogen-bond donors (Lipinski definition) is 1. The average Bonchev–Trinajstić information content (AvgIpc) is 2.21. The number of hydrogen-bond acceptors (Lipinski definition) is 2. The maximum Gasteiger partial charge on any atom is 0.0493 e. The van der Waals surface area contributed by atoms with Crippen molar-refractivity contribution in [2.45, 2.75) is 40.0 Å². The Labute approximate surface area is 101 Å². The van der Waals surface area contributed by atoms with Crippen LogP contribution in [0.25, 0.3) is 0 Å². The molecule has 0 radical (unpaired) electrons. The Morgan fingerprint density at radius 2 is 2.00 bits per heavy atom. The Balaban J connectivity index is 2.30. The van der Waals surface area contributed by atoms with E-state index in [0.717, 1.165) is 36.8 Å². The van der Waals surface area contributed by atoms with Gasteiger partial charge in [-0.2, -0.15) is 0 Å². The van der Waals surface area contributed by atoms with E-state index >= 15 is 0 Å². The first-order valence-electron chi connectivity index (χ1n) is 6.83. The summed E-state index contributed by atoms with van der Waals surface area (Å²) in [6.07, 6.45) is 4.12. The fourth-order valence-corrected chi connectivity index (χ4v) is 2.81. The summed E-state index contributed by atoms with van der Waals surface area (Å²) in [6.45, 7) is 10.2. The van der Waals surface area contributed by atoms with E-state index in [1.165, 1.54) is 25.8 Å². The first kappa shape index (κ1) is 14.0. The molecule has 0 saturated heterocycles. The van der Waals surface area contributed by atoms with Crippen LogP contribution in [0.4, 0.5) is 0 Å². The molecule has 1 rings (SSSR count). The number of rotatable bonds is 6. The van der Waals surface area contributed by atoms with Crippen molar-refractivity contribution < 1.29 is 4.74 Å². The van der Waals surface area contributed by atoms with E-state index in [1.807, 2.05) is 7.11 Å². The molecule has 0 amide bonds. The largest absolute Gasteiger partial charge is 0.384 e. The molecule has 1 fully saturated rings. The second-order valence-electron chi connectivity index (χ2n) is 5.95. The lowest BCUT2D eigenvalue weighted by atomic mass is 9.75. The maximum atomic E-state index is 5.36. The predicted octanol–water partition coefficient (Wildman–Crippen LogP) is 2.93. The third-order valence-corrected chi connectivity index (χ3v) is 3.74. The lowest BCUT2D eigenvalue weighted by Gasteiger charge is -2.34. The van der Waals surface area contributed by atoms with Gasteiger partial charge in [-0.1, -0.05) is 27.2 Å². The van der Waals surface area contributed by atoms with Gasteiger partial charge in [0.05, 0.1) is 0 Å². The molecule has 1 aliphatic carbocycles. The van der Waals surface area contributed by atoms with E-state index in [2.05, 4.69) is 26.1 Å². The first-order valence-corrected chi connectivity index (χ1v) is 6.83. The highest BCUT2D eigenvalue weighted by molar-refractivity contribution is 4.80. The third kappa shape index (κ3) is 4.84. The van der Waals surface area contributed by atoms with Crippen molar-refractivity contribution in [3.05, 3.63) is 0 Å².